The van der Waals surface area contributed by atoms with Gasteiger partial charge >= 0.3 is 0 Å². The average Bonchev–Trinajstić information content (AvgIpc) is 2.97. The summed E-state index contributed by atoms with van der Waals surface area (Å²) in [5, 5.41) is 13.9. The van der Waals surface area contributed by atoms with Gasteiger partial charge in [-0.3, -0.25) is 0 Å². The molecule has 0 fully saturated rings. The van der Waals surface area contributed by atoms with Gasteiger partial charge in [0, 0.05) is 19.0 Å². The zero-order valence-electron chi connectivity index (χ0n) is 12.2. The Balaban J connectivity index is 1.79. The fraction of sp³-hybridized carbons (Fsp3) is 0.412. The standard InChI is InChI=1S/C17H23NO2/c1-14(10-11-16-9-6-12-20-16)18-13-17(2,19)15-7-4-3-5-8-15/h3-9,12,14,18-19H,10-11,13H2,1-2H3. The Morgan fingerprint density at radius 2 is 1.95 bits per heavy atom. The van der Waals surface area contributed by atoms with Crippen molar-refractivity contribution in [2.45, 2.75) is 38.3 Å². The maximum atomic E-state index is 10.5. The first-order chi connectivity index (χ1) is 9.58. The van der Waals surface area contributed by atoms with Gasteiger partial charge in [-0.05, 0) is 38.0 Å². The predicted octanol–water partition coefficient (Wildman–Crippen LogP) is 3.10. The van der Waals surface area contributed by atoms with Gasteiger partial charge in [-0.1, -0.05) is 30.3 Å². The van der Waals surface area contributed by atoms with Crippen LogP contribution in [-0.4, -0.2) is 17.7 Å². The number of rotatable bonds is 7. The van der Waals surface area contributed by atoms with Crippen molar-refractivity contribution in [3.63, 3.8) is 0 Å². The van der Waals surface area contributed by atoms with E-state index < -0.39 is 5.60 Å². The van der Waals surface area contributed by atoms with Crippen molar-refractivity contribution in [1.82, 2.24) is 5.32 Å². The number of aliphatic hydroxyl groups is 1. The molecule has 1 heterocycles. The molecule has 2 N–H and O–H groups in total. The lowest BCUT2D eigenvalue weighted by molar-refractivity contribution is 0.0541. The summed E-state index contributed by atoms with van der Waals surface area (Å²) < 4.78 is 5.32. The van der Waals surface area contributed by atoms with Crippen molar-refractivity contribution in [3.05, 3.63) is 60.1 Å². The van der Waals surface area contributed by atoms with Crippen molar-refractivity contribution in [2.75, 3.05) is 6.54 Å². The van der Waals surface area contributed by atoms with Crippen LogP contribution in [0.5, 0.6) is 0 Å². The van der Waals surface area contributed by atoms with Gasteiger partial charge in [-0.25, -0.2) is 0 Å². The lowest BCUT2D eigenvalue weighted by Gasteiger charge is -2.26. The quantitative estimate of drug-likeness (QED) is 0.815. The first kappa shape index (κ1) is 14.8. The summed E-state index contributed by atoms with van der Waals surface area (Å²) in [6.07, 6.45) is 3.60. The Bertz CT molecular complexity index is 491. The van der Waals surface area contributed by atoms with E-state index in [2.05, 4.69) is 12.2 Å². The van der Waals surface area contributed by atoms with E-state index in [-0.39, 0.29) is 0 Å². The fourth-order valence-electron chi connectivity index (χ4n) is 2.19. The summed E-state index contributed by atoms with van der Waals surface area (Å²) in [5.41, 5.74) is 0.0888. The summed E-state index contributed by atoms with van der Waals surface area (Å²) >= 11 is 0. The highest BCUT2D eigenvalue weighted by Crippen LogP contribution is 2.19. The van der Waals surface area contributed by atoms with Crippen molar-refractivity contribution in [2.24, 2.45) is 0 Å². The third-order valence-corrected chi connectivity index (χ3v) is 3.59. The van der Waals surface area contributed by atoms with E-state index in [0.717, 1.165) is 24.2 Å². The number of aryl methyl sites for hydroxylation is 1. The van der Waals surface area contributed by atoms with Gasteiger partial charge in [0.05, 0.1) is 11.9 Å². The highest BCUT2D eigenvalue weighted by Gasteiger charge is 2.22. The minimum atomic E-state index is -0.847. The molecule has 2 unspecified atom stereocenters. The normalized spacial score (nSPS) is 15.8. The SMILES string of the molecule is CC(CCc1ccco1)NCC(C)(O)c1ccccc1. The van der Waals surface area contributed by atoms with Crippen LogP contribution in [0.2, 0.25) is 0 Å². The van der Waals surface area contributed by atoms with Crippen LogP contribution in [0.1, 0.15) is 31.6 Å². The van der Waals surface area contributed by atoms with Crippen LogP contribution in [0.15, 0.2) is 53.1 Å². The molecule has 1 aromatic heterocycles. The van der Waals surface area contributed by atoms with Gasteiger partial charge in [-0.2, -0.15) is 0 Å². The Kier molecular flexibility index (Phi) is 4.99. The molecule has 0 amide bonds. The molecule has 2 atom stereocenters. The molecule has 0 aliphatic rings. The second kappa shape index (κ2) is 6.73. The van der Waals surface area contributed by atoms with Crippen LogP contribution in [0.3, 0.4) is 0 Å². The van der Waals surface area contributed by atoms with Crippen LogP contribution in [0.4, 0.5) is 0 Å². The monoisotopic (exact) mass is 273 g/mol. The van der Waals surface area contributed by atoms with Crippen LogP contribution in [0.25, 0.3) is 0 Å². The molecule has 20 heavy (non-hydrogen) atoms. The smallest absolute Gasteiger partial charge is 0.103 e. The summed E-state index contributed by atoms with van der Waals surface area (Å²) in [6, 6.07) is 14.0. The molecule has 3 heteroatoms. The molecule has 0 radical (unpaired) electrons. The lowest BCUT2D eigenvalue weighted by atomic mass is 9.95. The number of hydrogen-bond donors (Lipinski definition) is 2. The van der Waals surface area contributed by atoms with Crippen molar-refractivity contribution in [1.29, 1.82) is 0 Å². The minimum Gasteiger partial charge on any atom is -0.469 e. The first-order valence-corrected chi connectivity index (χ1v) is 7.11. The zero-order valence-corrected chi connectivity index (χ0v) is 12.2. The second-order valence-electron chi connectivity index (χ2n) is 5.54. The Labute approximate surface area is 120 Å². The number of hydrogen-bond acceptors (Lipinski definition) is 3. The number of benzene rings is 1. The maximum absolute atomic E-state index is 10.5. The largest absolute Gasteiger partial charge is 0.469 e. The van der Waals surface area contributed by atoms with E-state index in [1.54, 1.807) is 6.26 Å². The molecule has 0 saturated heterocycles. The molecular weight excluding hydrogens is 250 g/mol. The zero-order chi connectivity index (χ0) is 14.4. The van der Waals surface area contributed by atoms with E-state index in [1.165, 1.54) is 0 Å². The summed E-state index contributed by atoms with van der Waals surface area (Å²) in [5.74, 6) is 1.01. The predicted molar refractivity (Wildman–Crippen MR) is 80.5 cm³/mol. The van der Waals surface area contributed by atoms with E-state index >= 15 is 0 Å². The third-order valence-electron chi connectivity index (χ3n) is 3.59. The van der Waals surface area contributed by atoms with E-state index in [0.29, 0.717) is 12.6 Å². The molecule has 2 aromatic rings. The molecule has 1 aromatic carbocycles. The molecule has 0 saturated carbocycles. The summed E-state index contributed by atoms with van der Waals surface area (Å²) in [4.78, 5) is 0. The van der Waals surface area contributed by atoms with Gasteiger partial charge in [0.2, 0.25) is 0 Å². The molecule has 108 valence electrons. The van der Waals surface area contributed by atoms with Crippen LogP contribution < -0.4 is 5.32 Å². The molecule has 0 spiro atoms. The minimum absolute atomic E-state index is 0.329. The maximum Gasteiger partial charge on any atom is 0.103 e. The highest BCUT2D eigenvalue weighted by atomic mass is 16.3. The van der Waals surface area contributed by atoms with Crippen LogP contribution in [-0.2, 0) is 12.0 Å². The van der Waals surface area contributed by atoms with E-state index in [1.807, 2.05) is 49.4 Å². The lowest BCUT2D eigenvalue weighted by Crippen LogP contribution is -2.39. The molecule has 2 rings (SSSR count). The van der Waals surface area contributed by atoms with Gasteiger partial charge in [0.1, 0.15) is 5.76 Å². The number of nitrogens with one attached hydrogen (secondary N) is 1. The summed E-state index contributed by atoms with van der Waals surface area (Å²) in [6.45, 7) is 4.51. The number of furan rings is 1. The van der Waals surface area contributed by atoms with Crippen molar-refractivity contribution in [3.8, 4) is 0 Å². The Hall–Kier alpha value is -1.58. The molecule has 0 bridgehead atoms. The summed E-state index contributed by atoms with van der Waals surface area (Å²) in [7, 11) is 0. The molecule has 3 nitrogen and oxygen atoms in total. The first-order valence-electron chi connectivity index (χ1n) is 7.11. The van der Waals surface area contributed by atoms with Crippen molar-refractivity contribution < 1.29 is 9.52 Å². The van der Waals surface area contributed by atoms with E-state index in [4.69, 9.17) is 4.42 Å². The van der Waals surface area contributed by atoms with Gasteiger partial charge in [0.25, 0.3) is 0 Å². The van der Waals surface area contributed by atoms with Crippen LogP contribution in [0, 0.1) is 0 Å². The van der Waals surface area contributed by atoms with Crippen LogP contribution >= 0.6 is 0 Å². The van der Waals surface area contributed by atoms with Gasteiger partial charge < -0.3 is 14.8 Å². The highest BCUT2D eigenvalue weighted by molar-refractivity contribution is 5.21. The van der Waals surface area contributed by atoms with Crippen molar-refractivity contribution >= 4 is 0 Å². The molecular formula is C17H23NO2. The second-order valence-corrected chi connectivity index (χ2v) is 5.54. The molecule has 0 aliphatic heterocycles. The third kappa shape index (κ3) is 4.22. The van der Waals surface area contributed by atoms with Gasteiger partial charge in [0.15, 0.2) is 0 Å². The Morgan fingerprint density at radius 1 is 1.20 bits per heavy atom. The fourth-order valence-corrected chi connectivity index (χ4v) is 2.19. The molecule has 0 aliphatic carbocycles. The van der Waals surface area contributed by atoms with E-state index in [9.17, 15) is 5.11 Å². The topological polar surface area (TPSA) is 45.4 Å². The average molecular weight is 273 g/mol. The Morgan fingerprint density at radius 3 is 2.60 bits per heavy atom. The van der Waals surface area contributed by atoms with Gasteiger partial charge in [-0.15, -0.1) is 0 Å².